The summed E-state index contributed by atoms with van der Waals surface area (Å²) in [6.07, 6.45) is 3.90. The molecule has 1 aromatic carbocycles. The van der Waals surface area contributed by atoms with Gasteiger partial charge in [0.15, 0.2) is 0 Å². The molecule has 1 nitrogen and oxygen atoms in total. The summed E-state index contributed by atoms with van der Waals surface area (Å²) in [5.74, 6) is 0. The quantitative estimate of drug-likeness (QED) is 0.746. The van der Waals surface area contributed by atoms with Gasteiger partial charge in [-0.25, -0.2) is 0 Å². The highest BCUT2D eigenvalue weighted by Gasteiger charge is 1.93. The number of rotatable bonds is 2. The third kappa shape index (κ3) is 2.36. The fourth-order valence-corrected chi connectivity index (χ4v) is 1.17. The minimum atomic E-state index is 0.561. The zero-order chi connectivity index (χ0) is 8.97. The molecule has 2 heteroatoms. The molecule has 0 amide bonds. The van der Waals surface area contributed by atoms with E-state index in [9.17, 15) is 0 Å². The lowest BCUT2D eigenvalue weighted by atomic mass is 10.1. The Morgan fingerprint density at radius 2 is 2.25 bits per heavy atom. The molecule has 0 spiro atoms. The lowest BCUT2D eigenvalue weighted by Crippen LogP contribution is -1.92. The topological polar surface area (TPSA) is 26.0 Å². The first-order valence-electron chi connectivity index (χ1n) is 3.87. The Kier molecular flexibility index (Phi) is 3.32. The van der Waals surface area contributed by atoms with E-state index in [0.29, 0.717) is 6.54 Å². The summed E-state index contributed by atoms with van der Waals surface area (Å²) in [5.41, 5.74) is 7.69. The van der Waals surface area contributed by atoms with Gasteiger partial charge in [-0.3, -0.25) is 0 Å². The van der Waals surface area contributed by atoms with Gasteiger partial charge >= 0.3 is 0 Å². The van der Waals surface area contributed by atoms with Gasteiger partial charge in [0.2, 0.25) is 0 Å². The average molecular weight is 182 g/mol. The van der Waals surface area contributed by atoms with Gasteiger partial charge in [-0.15, -0.1) is 0 Å². The highest BCUT2D eigenvalue weighted by atomic mass is 35.5. The maximum Gasteiger partial charge on any atom is 0.0412 e. The van der Waals surface area contributed by atoms with E-state index in [0.717, 1.165) is 10.6 Å². The predicted octanol–water partition coefficient (Wildman–Crippen LogP) is 2.62. The molecule has 2 N–H and O–H groups in total. The van der Waals surface area contributed by atoms with Crippen LogP contribution in [0.3, 0.4) is 0 Å². The first-order valence-corrected chi connectivity index (χ1v) is 4.24. The van der Waals surface area contributed by atoms with Crippen molar-refractivity contribution in [1.29, 1.82) is 0 Å². The van der Waals surface area contributed by atoms with Crippen LogP contribution in [-0.4, -0.2) is 6.54 Å². The lowest BCUT2D eigenvalue weighted by Gasteiger charge is -1.99. The Morgan fingerprint density at radius 1 is 1.50 bits per heavy atom. The van der Waals surface area contributed by atoms with Gasteiger partial charge in [-0.2, -0.15) is 0 Å². The van der Waals surface area contributed by atoms with Crippen molar-refractivity contribution in [3.05, 3.63) is 40.4 Å². The molecule has 0 aliphatic carbocycles. The van der Waals surface area contributed by atoms with Crippen molar-refractivity contribution in [2.24, 2.45) is 5.73 Å². The van der Waals surface area contributed by atoms with Crippen molar-refractivity contribution < 1.29 is 0 Å². The third-order valence-corrected chi connectivity index (χ3v) is 1.91. The summed E-state index contributed by atoms with van der Waals surface area (Å²) < 4.78 is 0. The molecule has 0 atom stereocenters. The molecular formula is C10H12ClN. The summed E-state index contributed by atoms with van der Waals surface area (Å²) in [5, 5.41) is 0.761. The number of nitrogens with two attached hydrogens (primary N) is 1. The second-order valence-corrected chi connectivity index (χ2v) is 3.08. The molecule has 0 heterocycles. The Morgan fingerprint density at radius 3 is 2.92 bits per heavy atom. The molecule has 1 aromatic rings. The normalized spacial score (nSPS) is 10.9. The monoisotopic (exact) mass is 181 g/mol. The van der Waals surface area contributed by atoms with Crippen molar-refractivity contribution in [3.63, 3.8) is 0 Å². The fourth-order valence-electron chi connectivity index (χ4n) is 0.986. The summed E-state index contributed by atoms with van der Waals surface area (Å²) >= 11 is 5.83. The summed E-state index contributed by atoms with van der Waals surface area (Å²) in [7, 11) is 0. The summed E-state index contributed by atoms with van der Waals surface area (Å²) in [4.78, 5) is 0. The minimum Gasteiger partial charge on any atom is -0.327 e. The van der Waals surface area contributed by atoms with E-state index < -0.39 is 0 Å². The van der Waals surface area contributed by atoms with Crippen LogP contribution < -0.4 is 5.73 Å². The Hall–Kier alpha value is -0.790. The minimum absolute atomic E-state index is 0.561. The highest BCUT2D eigenvalue weighted by molar-refractivity contribution is 6.30. The van der Waals surface area contributed by atoms with E-state index in [1.807, 2.05) is 37.3 Å². The summed E-state index contributed by atoms with van der Waals surface area (Å²) in [6.45, 7) is 2.61. The van der Waals surface area contributed by atoms with Gasteiger partial charge in [-0.1, -0.05) is 29.8 Å². The molecule has 0 saturated carbocycles. The zero-order valence-electron chi connectivity index (χ0n) is 7.05. The van der Waals surface area contributed by atoms with E-state index in [1.54, 1.807) is 0 Å². The van der Waals surface area contributed by atoms with E-state index in [-0.39, 0.29) is 0 Å². The van der Waals surface area contributed by atoms with E-state index in [2.05, 4.69) is 0 Å². The van der Waals surface area contributed by atoms with Crippen LogP contribution in [0.5, 0.6) is 0 Å². The molecule has 0 aliphatic heterocycles. The number of halogens is 1. The smallest absolute Gasteiger partial charge is 0.0412 e. The SMILES string of the molecule is Cc1ccc(Cl)cc1/C=C/CN. The van der Waals surface area contributed by atoms with E-state index in [4.69, 9.17) is 17.3 Å². The lowest BCUT2D eigenvalue weighted by molar-refractivity contribution is 1.26. The molecular weight excluding hydrogens is 170 g/mol. The van der Waals surface area contributed by atoms with Crippen molar-refractivity contribution in [2.45, 2.75) is 6.92 Å². The Labute approximate surface area is 77.8 Å². The molecule has 0 radical (unpaired) electrons. The molecule has 0 aromatic heterocycles. The van der Waals surface area contributed by atoms with Crippen LogP contribution in [0.2, 0.25) is 5.02 Å². The van der Waals surface area contributed by atoms with Gasteiger partial charge < -0.3 is 5.73 Å². The van der Waals surface area contributed by atoms with Crippen molar-refractivity contribution in [3.8, 4) is 0 Å². The fraction of sp³-hybridized carbons (Fsp3) is 0.200. The van der Waals surface area contributed by atoms with Crippen LogP contribution in [0.15, 0.2) is 24.3 Å². The van der Waals surface area contributed by atoms with Gasteiger partial charge in [-0.05, 0) is 30.2 Å². The molecule has 0 bridgehead atoms. The van der Waals surface area contributed by atoms with Gasteiger partial charge in [0, 0.05) is 11.6 Å². The molecule has 0 fully saturated rings. The average Bonchev–Trinajstić information content (AvgIpc) is 2.07. The molecule has 12 heavy (non-hydrogen) atoms. The maximum atomic E-state index is 5.83. The van der Waals surface area contributed by atoms with Gasteiger partial charge in [0.1, 0.15) is 0 Å². The summed E-state index contributed by atoms with van der Waals surface area (Å²) in [6, 6.07) is 5.82. The molecule has 0 aliphatic rings. The number of benzene rings is 1. The van der Waals surface area contributed by atoms with E-state index in [1.165, 1.54) is 5.56 Å². The zero-order valence-corrected chi connectivity index (χ0v) is 7.81. The van der Waals surface area contributed by atoms with Crippen LogP contribution in [0.1, 0.15) is 11.1 Å². The highest BCUT2D eigenvalue weighted by Crippen LogP contribution is 2.16. The number of aryl methyl sites for hydroxylation is 1. The largest absolute Gasteiger partial charge is 0.327 e. The van der Waals surface area contributed by atoms with Crippen LogP contribution >= 0.6 is 11.6 Å². The standard InChI is InChI=1S/C10H12ClN/c1-8-4-5-10(11)7-9(8)3-2-6-12/h2-5,7H,6,12H2,1H3/b3-2+. The van der Waals surface area contributed by atoms with Crippen molar-refractivity contribution in [1.82, 2.24) is 0 Å². The number of hydrogen-bond acceptors (Lipinski definition) is 1. The van der Waals surface area contributed by atoms with Crippen LogP contribution in [-0.2, 0) is 0 Å². The van der Waals surface area contributed by atoms with Crippen LogP contribution in [0, 0.1) is 6.92 Å². The van der Waals surface area contributed by atoms with E-state index >= 15 is 0 Å². The molecule has 1 rings (SSSR count). The molecule has 0 unspecified atom stereocenters. The predicted molar refractivity (Wildman–Crippen MR) is 54.3 cm³/mol. The van der Waals surface area contributed by atoms with Crippen molar-refractivity contribution in [2.75, 3.05) is 6.54 Å². The maximum absolute atomic E-state index is 5.83. The van der Waals surface area contributed by atoms with Crippen LogP contribution in [0.4, 0.5) is 0 Å². The number of hydrogen-bond donors (Lipinski definition) is 1. The first-order chi connectivity index (χ1) is 5.74. The second kappa shape index (κ2) is 4.29. The van der Waals surface area contributed by atoms with Gasteiger partial charge in [0.25, 0.3) is 0 Å². The Bertz CT molecular complexity index is 292. The third-order valence-electron chi connectivity index (χ3n) is 1.67. The Balaban J connectivity index is 2.97. The van der Waals surface area contributed by atoms with Gasteiger partial charge in [0.05, 0.1) is 0 Å². The molecule has 0 saturated heterocycles. The van der Waals surface area contributed by atoms with Crippen molar-refractivity contribution >= 4 is 17.7 Å². The molecule has 64 valence electrons. The van der Waals surface area contributed by atoms with Crippen LogP contribution in [0.25, 0.3) is 6.08 Å². The first kappa shape index (κ1) is 9.30. The second-order valence-electron chi connectivity index (χ2n) is 2.64.